The predicted octanol–water partition coefficient (Wildman–Crippen LogP) is 1.56. The summed E-state index contributed by atoms with van der Waals surface area (Å²) in [6, 6.07) is 0. The Morgan fingerprint density at radius 2 is 2.20 bits per heavy atom. The van der Waals surface area contributed by atoms with Crippen molar-refractivity contribution in [3.05, 3.63) is 0 Å². The zero-order valence-corrected chi connectivity index (χ0v) is 10.3. The molecular formula is C11H20N2OS. The molecule has 3 nitrogen and oxygen atoms in total. The average molecular weight is 228 g/mol. The van der Waals surface area contributed by atoms with Gasteiger partial charge in [0.2, 0.25) is 5.91 Å². The molecule has 86 valence electrons. The first-order chi connectivity index (χ1) is 7.06. The van der Waals surface area contributed by atoms with E-state index in [-0.39, 0.29) is 11.8 Å². The van der Waals surface area contributed by atoms with Crippen LogP contribution in [0, 0.1) is 11.8 Å². The Morgan fingerprint density at radius 3 is 2.53 bits per heavy atom. The molecule has 0 aromatic carbocycles. The van der Waals surface area contributed by atoms with Crippen LogP contribution in [0.1, 0.15) is 32.6 Å². The van der Waals surface area contributed by atoms with E-state index in [1.807, 2.05) is 14.0 Å². The molecule has 0 radical (unpaired) electrons. The lowest BCUT2D eigenvalue weighted by atomic mass is 9.85. The highest BCUT2D eigenvalue weighted by atomic mass is 32.1. The van der Waals surface area contributed by atoms with E-state index in [1.165, 1.54) is 19.3 Å². The fourth-order valence-corrected chi connectivity index (χ4v) is 2.18. The Balaban J connectivity index is 2.45. The van der Waals surface area contributed by atoms with Gasteiger partial charge < -0.3 is 10.6 Å². The summed E-state index contributed by atoms with van der Waals surface area (Å²) in [5.74, 6) is 0.504. The number of amides is 1. The topological polar surface area (TPSA) is 46.3 Å². The van der Waals surface area contributed by atoms with Gasteiger partial charge in [-0.15, -0.1) is 0 Å². The molecule has 1 fully saturated rings. The summed E-state index contributed by atoms with van der Waals surface area (Å²) >= 11 is 4.90. The first-order valence-corrected chi connectivity index (χ1v) is 6.01. The molecule has 0 aliphatic heterocycles. The van der Waals surface area contributed by atoms with Crippen molar-refractivity contribution in [2.24, 2.45) is 17.6 Å². The Morgan fingerprint density at radius 1 is 1.60 bits per heavy atom. The maximum atomic E-state index is 11.9. The van der Waals surface area contributed by atoms with Crippen LogP contribution in [0.2, 0.25) is 0 Å². The van der Waals surface area contributed by atoms with Gasteiger partial charge in [0.15, 0.2) is 0 Å². The van der Waals surface area contributed by atoms with E-state index >= 15 is 0 Å². The summed E-state index contributed by atoms with van der Waals surface area (Å²) < 4.78 is 0. The number of nitrogens with two attached hydrogens (primary N) is 1. The van der Waals surface area contributed by atoms with Crippen molar-refractivity contribution < 1.29 is 4.79 Å². The lowest BCUT2D eigenvalue weighted by molar-refractivity contribution is -0.133. The highest BCUT2D eigenvalue weighted by Crippen LogP contribution is 2.27. The third-order valence-electron chi connectivity index (χ3n) is 3.18. The summed E-state index contributed by atoms with van der Waals surface area (Å²) in [7, 11) is 1.85. The summed E-state index contributed by atoms with van der Waals surface area (Å²) in [4.78, 5) is 14.1. The van der Waals surface area contributed by atoms with Crippen LogP contribution in [-0.4, -0.2) is 29.4 Å². The molecule has 2 N–H and O–H groups in total. The zero-order valence-electron chi connectivity index (χ0n) is 9.53. The monoisotopic (exact) mass is 228 g/mol. The van der Waals surface area contributed by atoms with Crippen LogP contribution in [0.15, 0.2) is 0 Å². The van der Waals surface area contributed by atoms with Gasteiger partial charge in [-0.1, -0.05) is 25.6 Å². The van der Waals surface area contributed by atoms with Gasteiger partial charge in [0.25, 0.3) is 0 Å². The van der Waals surface area contributed by atoms with Crippen molar-refractivity contribution in [2.45, 2.75) is 32.6 Å². The first-order valence-electron chi connectivity index (χ1n) is 5.60. The molecule has 1 saturated carbocycles. The Hall–Kier alpha value is -0.640. The van der Waals surface area contributed by atoms with Crippen molar-refractivity contribution in [3.63, 3.8) is 0 Å². The molecule has 1 amide bonds. The molecule has 0 saturated heterocycles. The van der Waals surface area contributed by atoms with Crippen molar-refractivity contribution in [3.8, 4) is 0 Å². The third-order valence-corrected chi connectivity index (χ3v) is 3.47. The molecule has 1 aliphatic rings. The van der Waals surface area contributed by atoms with E-state index < -0.39 is 0 Å². The zero-order chi connectivity index (χ0) is 11.4. The van der Waals surface area contributed by atoms with E-state index in [0.717, 1.165) is 6.54 Å². The minimum atomic E-state index is -0.273. The predicted molar refractivity (Wildman–Crippen MR) is 65.5 cm³/mol. The van der Waals surface area contributed by atoms with Gasteiger partial charge in [-0.05, 0) is 25.2 Å². The molecular weight excluding hydrogens is 208 g/mol. The molecule has 0 heterocycles. The molecule has 1 unspecified atom stereocenters. The van der Waals surface area contributed by atoms with E-state index in [9.17, 15) is 4.79 Å². The van der Waals surface area contributed by atoms with Gasteiger partial charge in [0.1, 0.15) is 0 Å². The maximum Gasteiger partial charge on any atom is 0.232 e. The van der Waals surface area contributed by atoms with Crippen LogP contribution in [0.4, 0.5) is 0 Å². The van der Waals surface area contributed by atoms with Gasteiger partial charge in [0.05, 0.1) is 10.9 Å². The molecule has 0 aromatic rings. The largest absolute Gasteiger partial charge is 0.393 e. The molecule has 0 bridgehead atoms. The lowest BCUT2D eigenvalue weighted by Gasteiger charge is -2.31. The maximum absolute atomic E-state index is 11.9. The number of nitrogens with zero attached hydrogens (tertiary/aromatic N) is 1. The first kappa shape index (κ1) is 12.4. The van der Waals surface area contributed by atoms with Gasteiger partial charge in [-0.2, -0.15) is 0 Å². The number of rotatable bonds is 5. The third kappa shape index (κ3) is 3.16. The fourth-order valence-electron chi connectivity index (χ4n) is 1.92. The molecule has 1 aliphatic carbocycles. The van der Waals surface area contributed by atoms with Crippen LogP contribution in [0.5, 0.6) is 0 Å². The van der Waals surface area contributed by atoms with Gasteiger partial charge in [-0.25, -0.2) is 0 Å². The van der Waals surface area contributed by atoms with Gasteiger partial charge in [-0.3, -0.25) is 4.79 Å². The molecule has 0 aromatic heterocycles. The summed E-state index contributed by atoms with van der Waals surface area (Å²) in [6.07, 6.45) is 4.51. The standard InChI is InChI=1S/C11H20N2OS/c1-3-9(10(12)15)11(14)13(2)7-8-5-4-6-8/h8-9H,3-7H2,1-2H3,(H2,12,15). The van der Waals surface area contributed by atoms with Crippen LogP contribution >= 0.6 is 12.2 Å². The second kappa shape index (κ2) is 5.45. The number of hydrogen-bond acceptors (Lipinski definition) is 2. The molecule has 0 spiro atoms. The van der Waals surface area contributed by atoms with Crippen molar-refractivity contribution in [1.82, 2.24) is 4.90 Å². The van der Waals surface area contributed by atoms with Crippen LogP contribution in [0.3, 0.4) is 0 Å². The molecule has 4 heteroatoms. The minimum absolute atomic E-state index is 0.0805. The van der Waals surface area contributed by atoms with Crippen molar-refractivity contribution >= 4 is 23.1 Å². The number of hydrogen-bond donors (Lipinski definition) is 1. The van der Waals surface area contributed by atoms with E-state index in [4.69, 9.17) is 18.0 Å². The Labute approximate surface area is 97.0 Å². The van der Waals surface area contributed by atoms with E-state index in [0.29, 0.717) is 17.3 Å². The lowest BCUT2D eigenvalue weighted by Crippen LogP contribution is -2.41. The van der Waals surface area contributed by atoms with E-state index in [1.54, 1.807) is 4.90 Å². The Kier molecular flexibility index (Phi) is 4.51. The van der Waals surface area contributed by atoms with Crippen molar-refractivity contribution in [2.75, 3.05) is 13.6 Å². The van der Waals surface area contributed by atoms with Crippen LogP contribution in [-0.2, 0) is 4.79 Å². The number of carbonyl (C=O) groups excluding carboxylic acids is 1. The number of carbonyl (C=O) groups is 1. The SMILES string of the molecule is CCC(C(=O)N(C)CC1CCC1)C(N)=S. The molecule has 1 rings (SSSR count). The quantitative estimate of drug-likeness (QED) is 0.726. The summed E-state index contributed by atoms with van der Waals surface area (Å²) in [5.41, 5.74) is 5.55. The highest BCUT2D eigenvalue weighted by Gasteiger charge is 2.26. The summed E-state index contributed by atoms with van der Waals surface area (Å²) in [6.45, 7) is 2.80. The molecule has 15 heavy (non-hydrogen) atoms. The van der Waals surface area contributed by atoms with Gasteiger partial charge >= 0.3 is 0 Å². The number of thiocarbonyl (C=S) groups is 1. The second-order valence-electron chi connectivity index (χ2n) is 4.38. The smallest absolute Gasteiger partial charge is 0.232 e. The molecule has 1 atom stereocenters. The van der Waals surface area contributed by atoms with Crippen LogP contribution < -0.4 is 5.73 Å². The van der Waals surface area contributed by atoms with Crippen LogP contribution in [0.25, 0.3) is 0 Å². The average Bonchev–Trinajstić information content (AvgIpc) is 2.11. The highest BCUT2D eigenvalue weighted by molar-refractivity contribution is 7.80. The Bertz CT molecular complexity index is 251. The second-order valence-corrected chi connectivity index (χ2v) is 4.85. The summed E-state index contributed by atoms with van der Waals surface area (Å²) in [5, 5.41) is 0. The van der Waals surface area contributed by atoms with Crippen molar-refractivity contribution in [1.29, 1.82) is 0 Å². The minimum Gasteiger partial charge on any atom is -0.393 e. The fraction of sp³-hybridized carbons (Fsp3) is 0.818. The van der Waals surface area contributed by atoms with Gasteiger partial charge in [0, 0.05) is 13.6 Å². The van der Waals surface area contributed by atoms with E-state index in [2.05, 4.69) is 0 Å². The normalized spacial score (nSPS) is 18.0.